The summed E-state index contributed by atoms with van der Waals surface area (Å²) in [6, 6.07) is 9.57. The summed E-state index contributed by atoms with van der Waals surface area (Å²) >= 11 is 1.83. The second-order valence-corrected chi connectivity index (χ2v) is 12.2. The minimum atomic E-state index is -3.61. The van der Waals surface area contributed by atoms with E-state index in [1.807, 2.05) is 28.4 Å². The van der Waals surface area contributed by atoms with E-state index >= 15 is 0 Å². The average molecular weight is 462 g/mol. The van der Waals surface area contributed by atoms with Crippen LogP contribution < -0.4 is 4.72 Å². The van der Waals surface area contributed by atoms with E-state index in [0.717, 1.165) is 38.2 Å². The van der Waals surface area contributed by atoms with Crippen LogP contribution in [0.1, 0.15) is 43.2 Å². The zero-order valence-electron chi connectivity index (χ0n) is 18.4. The molecule has 3 heterocycles. The highest BCUT2D eigenvalue weighted by molar-refractivity contribution is 7.89. The number of fused-ring (bicyclic) bond motifs is 1. The van der Waals surface area contributed by atoms with Gasteiger partial charge in [-0.1, -0.05) is 32.9 Å². The third-order valence-electron chi connectivity index (χ3n) is 6.23. The number of sulfonamides is 1. The molecule has 1 fully saturated rings. The summed E-state index contributed by atoms with van der Waals surface area (Å²) in [6.45, 7) is 9.87. The number of hydrogen-bond acceptors (Lipinski definition) is 5. The van der Waals surface area contributed by atoms with E-state index in [4.69, 9.17) is 0 Å². The van der Waals surface area contributed by atoms with Crippen LogP contribution in [0.25, 0.3) is 0 Å². The molecule has 8 heteroatoms. The summed E-state index contributed by atoms with van der Waals surface area (Å²) in [5, 5.41) is 2.16. The van der Waals surface area contributed by atoms with Crippen LogP contribution >= 0.6 is 11.3 Å². The van der Waals surface area contributed by atoms with Crippen molar-refractivity contribution < 1.29 is 13.2 Å². The minimum Gasteiger partial charge on any atom is -0.339 e. The van der Waals surface area contributed by atoms with Crippen LogP contribution in [0.2, 0.25) is 0 Å². The Morgan fingerprint density at radius 3 is 2.55 bits per heavy atom. The fraction of sp³-hybridized carbons (Fsp3) is 0.522. The number of carbonyl (C=O) groups excluding carboxylic acids is 1. The number of likely N-dealkylation sites (tertiary alicyclic amines) is 1. The standard InChI is InChI=1S/C23H31N3O3S2/c1-23(2,3)18-4-6-20(7-5-18)31(28,29)24-11-8-22(27)26-15-19(16-26)25-12-9-21-17(14-25)10-13-30-21/h4-7,10,13,19,24H,8-9,11-12,14-16H2,1-3H3. The molecule has 2 aliphatic rings. The Morgan fingerprint density at radius 1 is 1.16 bits per heavy atom. The number of rotatable bonds is 6. The molecule has 1 saturated heterocycles. The number of nitrogens with one attached hydrogen (secondary N) is 1. The lowest BCUT2D eigenvalue weighted by molar-refractivity contribution is -0.138. The molecule has 0 bridgehead atoms. The highest BCUT2D eigenvalue weighted by Crippen LogP contribution is 2.28. The second-order valence-electron chi connectivity index (χ2n) is 9.46. The van der Waals surface area contributed by atoms with Gasteiger partial charge in [0.1, 0.15) is 0 Å². The lowest BCUT2D eigenvalue weighted by Crippen LogP contribution is -2.61. The van der Waals surface area contributed by atoms with Crippen molar-refractivity contribution in [3.05, 3.63) is 51.7 Å². The first-order valence-corrected chi connectivity index (χ1v) is 13.2. The molecule has 2 aliphatic heterocycles. The number of nitrogens with zero attached hydrogens (tertiary/aromatic N) is 2. The van der Waals surface area contributed by atoms with Gasteiger partial charge in [-0.05, 0) is 46.5 Å². The fourth-order valence-electron chi connectivity index (χ4n) is 4.14. The predicted molar refractivity (Wildman–Crippen MR) is 124 cm³/mol. The molecule has 6 nitrogen and oxygen atoms in total. The van der Waals surface area contributed by atoms with Crippen LogP contribution in [0.15, 0.2) is 40.6 Å². The molecule has 1 N–H and O–H groups in total. The smallest absolute Gasteiger partial charge is 0.240 e. The Bertz CT molecular complexity index is 1030. The van der Waals surface area contributed by atoms with Gasteiger partial charge >= 0.3 is 0 Å². The number of amides is 1. The first-order valence-electron chi connectivity index (χ1n) is 10.8. The van der Waals surface area contributed by atoms with Crippen LogP contribution in [0.5, 0.6) is 0 Å². The van der Waals surface area contributed by atoms with Crippen LogP contribution in [0.4, 0.5) is 0 Å². The Kier molecular flexibility index (Phi) is 6.27. The molecule has 0 unspecified atom stereocenters. The van der Waals surface area contributed by atoms with E-state index in [0.29, 0.717) is 6.04 Å². The van der Waals surface area contributed by atoms with Crippen LogP contribution in [0.3, 0.4) is 0 Å². The van der Waals surface area contributed by atoms with E-state index in [9.17, 15) is 13.2 Å². The number of benzene rings is 1. The van der Waals surface area contributed by atoms with Crippen LogP contribution in [-0.2, 0) is 33.2 Å². The van der Waals surface area contributed by atoms with Gasteiger partial charge in [-0.2, -0.15) is 0 Å². The van der Waals surface area contributed by atoms with Crippen LogP contribution in [0, 0.1) is 0 Å². The van der Waals surface area contributed by atoms with Gasteiger partial charge in [0.15, 0.2) is 0 Å². The number of carbonyl (C=O) groups is 1. The number of hydrogen-bond donors (Lipinski definition) is 1. The third-order valence-corrected chi connectivity index (χ3v) is 8.73. The molecule has 1 amide bonds. The summed E-state index contributed by atoms with van der Waals surface area (Å²) in [5.41, 5.74) is 2.47. The van der Waals surface area contributed by atoms with Gasteiger partial charge in [0.25, 0.3) is 0 Å². The molecular weight excluding hydrogens is 430 g/mol. The molecule has 1 aromatic heterocycles. The maximum atomic E-state index is 12.5. The lowest BCUT2D eigenvalue weighted by atomic mass is 9.87. The maximum absolute atomic E-state index is 12.5. The van der Waals surface area contributed by atoms with Crippen molar-refractivity contribution in [2.75, 3.05) is 26.2 Å². The van der Waals surface area contributed by atoms with E-state index in [1.165, 1.54) is 10.4 Å². The first kappa shape index (κ1) is 22.5. The normalized spacial score (nSPS) is 18.0. The Labute approximate surface area is 189 Å². The van der Waals surface area contributed by atoms with Crippen molar-refractivity contribution in [2.45, 2.75) is 56.5 Å². The number of thiophene rings is 1. The molecular formula is C23H31N3O3S2. The summed E-state index contributed by atoms with van der Waals surface area (Å²) in [7, 11) is -3.61. The minimum absolute atomic E-state index is 0.00950. The molecule has 0 atom stereocenters. The quantitative estimate of drug-likeness (QED) is 0.718. The molecule has 0 spiro atoms. The molecule has 1 aromatic carbocycles. The molecule has 2 aromatic rings. The lowest BCUT2D eigenvalue weighted by Gasteiger charge is -2.46. The summed E-state index contributed by atoms with van der Waals surface area (Å²) < 4.78 is 27.6. The summed E-state index contributed by atoms with van der Waals surface area (Å²) in [6.07, 6.45) is 1.27. The molecule has 0 radical (unpaired) electrons. The fourth-order valence-corrected chi connectivity index (χ4v) is 6.06. The molecule has 168 valence electrons. The largest absolute Gasteiger partial charge is 0.339 e. The van der Waals surface area contributed by atoms with Gasteiger partial charge in [0, 0.05) is 50.1 Å². The van der Waals surface area contributed by atoms with Crippen molar-refractivity contribution in [3.63, 3.8) is 0 Å². The van der Waals surface area contributed by atoms with Gasteiger partial charge in [-0.25, -0.2) is 13.1 Å². The highest BCUT2D eigenvalue weighted by atomic mass is 32.2. The van der Waals surface area contributed by atoms with Crippen molar-refractivity contribution in [1.29, 1.82) is 0 Å². The molecule has 4 rings (SSSR count). The van der Waals surface area contributed by atoms with Crippen molar-refractivity contribution in [1.82, 2.24) is 14.5 Å². The molecule has 0 aliphatic carbocycles. The average Bonchev–Trinajstić information content (AvgIpc) is 3.14. The third kappa shape index (κ3) is 5.03. The van der Waals surface area contributed by atoms with Crippen molar-refractivity contribution >= 4 is 27.3 Å². The Hall–Kier alpha value is -1.74. The predicted octanol–water partition coefficient (Wildman–Crippen LogP) is 2.98. The zero-order chi connectivity index (χ0) is 22.2. The first-order chi connectivity index (χ1) is 14.6. The van der Waals surface area contributed by atoms with Gasteiger partial charge in [0.2, 0.25) is 15.9 Å². The zero-order valence-corrected chi connectivity index (χ0v) is 20.1. The van der Waals surface area contributed by atoms with E-state index in [-0.39, 0.29) is 29.2 Å². The van der Waals surface area contributed by atoms with E-state index in [2.05, 4.69) is 41.8 Å². The Morgan fingerprint density at radius 2 is 1.87 bits per heavy atom. The molecule has 0 saturated carbocycles. The highest BCUT2D eigenvalue weighted by Gasteiger charge is 2.36. The van der Waals surface area contributed by atoms with Crippen LogP contribution in [-0.4, -0.2) is 56.3 Å². The second kappa shape index (κ2) is 8.65. The molecule has 31 heavy (non-hydrogen) atoms. The van der Waals surface area contributed by atoms with Crippen molar-refractivity contribution in [2.24, 2.45) is 0 Å². The van der Waals surface area contributed by atoms with Gasteiger partial charge in [-0.3, -0.25) is 9.69 Å². The summed E-state index contributed by atoms with van der Waals surface area (Å²) in [4.78, 5) is 18.5. The van der Waals surface area contributed by atoms with Gasteiger partial charge < -0.3 is 4.90 Å². The maximum Gasteiger partial charge on any atom is 0.240 e. The van der Waals surface area contributed by atoms with E-state index in [1.54, 1.807) is 12.1 Å². The Balaban J connectivity index is 1.22. The van der Waals surface area contributed by atoms with Gasteiger partial charge in [0.05, 0.1) is 4.90 Å². The topological polar surface area (TPSA) is 69.7 Å². The SMILES string of the molecule is CC(C)(C)c1ccc(S(=O)(=O)NCCC(=O)N2CC(N3CCc4sccc4C3)C2)cc1. The van der Waals surface area contributed by atoms with Crippen molar-refractivity contribution in [3.8, 4) is 0 Å². The monoisotopic (exact) mass is 461 g/mol. The van der Waals surface area contributed by atoms with Gasteiger partial charge in [-0.15, -0.1) is 11.3 Å². The van der Waals surface area contributed by atoms with E-state index < -0.39 is 10.0 Å². The summed E-state index contributed by atoms with van der Waals surface area (Å²) in [5.74, 6) is 0.00950.